The van der Waals surface area contributed by atoms with Crippen molar-refractivity contribution in [1.29, 1.82) is 0 Å². The first-order valence-electron chi connectivity index (χ1n) is 6.98. The van der Waals surface area contributed by atoms with Gasteiger partial charge in [0.1, 0.15) is 0 Å². The van der Waals surface area contributed by atoms with E-state index in [9.17, 15) is 18.0 Å². The molecule has 1 rings (SSSR count). The summed E-state index contributed by atoms with van der Waals surface area (Å²) in [7, 11) is 0. The predicted molar refractivity (Wildman–Crippen MR) is 74.1 cm³/mol. The molecule has 0 spiro atoms. The Labute approximate surface area is 122 Å². The van der Waals surface area contributed by atoms with Gasteiger partial charge < -0.3 is 10.1 Å². The molecule has 118 valence electrons. The van der Waals surface area contributed by atoms with E-state index >= 15 is 0 Å². The molecule has 0 radical (unpaired) electrons. The first kappa shape index (κ1) is 17.5. The number of nitrogens with one attached hydrogen (secondary N) is 1. The van der Waals surface area contributed by atoms with Crippen LogP contribution in [-0.4, -0.2) is 25.7 Å². The largest absolute Gasteiger partial charge is 0.416 e. The first-order valence-corrected chi connectivity index (χ1v) is 6.98. The van der Waals surface area contributed by atoms with Crippen LogP contribution in [0.1, 0.15) is 42.1 Å². The van der Waals surface area contributed by atoms with E-state index in [-0.39, 0.29) is 5.56 Å². The maximum atomic E-state index is 12.5. The lowest BCUT2D eigenvalue weighted by atomic mass is 10.1. The maximum Gasteiger partial charge on any atom is 0.416 e. The molecule has 3 nitrogen and oxygen atoms in total. The van der Waals surface area contributed by atoms with E-state index in [1.807, 2.05) is 0 Å². The Morgan fingerprint density at radius 2 is 1.95 bits per heavy atom. The van der Waals surface area contributed by atoms with E-state index in [1.165, 1.54) is 12.1 Å². The highest BCUT2D eigenvalue weighted by atomic mass is 19.4. The lowest BCUT2D eigenvalue weighted by Crippen LogP contribution is -2.25. The molecule has 0 aliphatic rings. The van der Waals surface area contributed by atoms with Crippen molar-refractivity contribution < 1.29 is 22.7 Å². The molecule has 0 fully saturated rings. The van der Waals surface area contributed by atoms with Gasteiger partial charge in [0.15, 0.2) is 0 Å². The fraction of sp³-hybridized carbons (Fsp3) is 0.533. The predicted octanol–water partition coefficient (Wildman–Crippen LogP) is 3.64. The summed E-state index contributed by atoms with van der Waals surface area (Å²) in [6, 6.07) is 4.39. The summed E-state index contributed by atoms with van der Waals surface area (Å²) >= 11 is 0. The molecule has 0 bridgehead atoms. The zero-order valence-corrected chi connectivity index (χ0v) is 12.0. The quantitative estimate of drug-likeness (QED) is 0.745. The molecule has 1 amide bonds. The summed E-state index contributed by atoms with van der Waals surface area (Å²) < 4.78 is 42.9. The fourth-order valence-corrected chi connectivity index (χ4v) is 1.66. The van der Waals surface area contributed by atoms with Gasteiger partial charge in [-0.25, -0.2) is 0 Å². The minimum Gasteiger partial charge on any atom is -0.381 e. The minimum atomic E-state index is -4.44. The summed E-state index contributed by atoms with van der Waals surface area (Å²) in [5.74, 6) is -0.505. The highest BCUT2D eigenvalue weighted by Gasteiger charge is 2.30. The highest BCUT2D eigenvalue weighted by molar-refractivity contribution is 5.94. The third-order valence-corrected chi connectivity index (χ3v) is 2.85. The Kier molecular flexibility index (Phi) is 7.22. The zero-order chi connectivity index (χ0) is 15.7. The van der Waals surface area contributed by atoms with Gasteiger partial charge in [0, 0.05) is 25.3 Å². The SMILES string of the molecule is CCCCOCCCNC(=O)c1cccc(C(F)(F)F)c1. The second-order valence-corrected chi connectivity index (χ2v) is 4.65. The van der Waals surface area contributed by atoms with E-state index < -0.39 is 17.6 Å². The molecule has 0 aromatic heterocycles. The van der Waals surface area contributed by atoms with Gasteiger partial charge in [-0.3, -0.25) is 4.79 Å². The summed E-state index contributed by atoms with van der Waals surface area (Å²) in [6.45, 7) is 3.67. The van der Waals surface area contributed by atoms with E-state index in [4.69, 9.17) is 4.74 Å². The molecule has 0 aliphatic carbocycles. The number of alkyl halides is 3. The van der Waals surface area contributed by atoms with Crippen LogP contribution in [0.5, 0.6) is 0 Å². The van der Waals surface area contributed by atoms with Crippen LogP contribution in [0.3, 0.4) is 0 Å². The van der Waals surface area contributed by atoms with Crippen molar-refractivity contribution in [3.05, 3.63) is 35.4 Å². The molecule has 0 saturated heterocycles. The van der Waals surface area contributed by atoms with E-state index in [1.54, 1.807) is 0 Å². The van der Waals surface area contributed by atoms with Crippen molar-refractivity contribution in [1.82, 2.24) is 5.32 Å². The number of carbonyl (C=O) groups is 1. The zero-order valence-electron chi connectivity index (χ0n) is 12.0. The average molecular weight is 303 g/mol. The highest BCUT2D eigenvalue weighted by Crippen LogP contribution is 2.29. The molecule has 0 heterocycles. The number of carbonyl (C=O) groups excluding carboxylic acids is 1. The Bertz CT molecular complexity index is 447. The lowest BCUT2D eigenvalue weighted by Gasteiger charge is -2.09. The van der Waals surface area contributed by atoms with Crippen LogP contribution in [0.2, 0.25) is 0 Å². The van der Waals surface area contributed by atoms with Crippen LogP contribution in [0.4, 0.5) is 13.2 Å². The van der Waals surface area contributed by atoms with E-state index in [2.05, 4.69) is 12.2 Å². The molecular weight excluding hydrogens is 283 g/mol. The average Bonchev–Trinajstić information content (AvgIpc) is 2.45. The van der Waals surface area contributed by atoms with Crippen molar-refractivity contribution in [2.75, 3.05) is 19.8 Å². The Morgan fingerprint density at radius 3 is 2.62 bits per heavy atom. The Hall–Kier alpha value is -1.56. The topological polar surface area (TPSA) is 38.3 Å². The van der Waals surface area contributed by atoms with E-state index in [0.717, 1.165) is 25.0 Å². The van der Waals surface area contributed by atoms with Crippen LogP contribution < -0.4 is 5.32 Å². The van der Waals surface area contributed by atoms with Crippen LogP contribution in [0, 0.1) is 0 Å². The molecule has 6 heteroatoms. The molecule has 21 heavy (non-hydrogen) atoms. The number of halogens is 3. The molecular formula is C15H20F3NO2. The standard InChI is InChI=1S/C15H20F3NO2/c1-2-3-9-21-10-5-8-19-14(20)12-6-4-7-13(11-12)15(16,17)18/h4,6-7,11H,2-3,5,8-10H2,1H3,(H,19,20). The van der Waals surface area contributed by atoms with Crippen molar-refractivity contribution >= 4 is 5.91 Å². The minimum absolute atomic E-state index is 0.0109. The van der Waals surface area contributed by atoms with Gasteiger partial charge in [-0.05, 0) is 31.0 Å². The monoisotopic (exact) mass is 303 g/mol. The van der Waals surface area contributed by atoms with Gasteiger partial charge in [0.2, 0.25) is 0 Å². The normalized spacial score (nSPS) is 11.4. The van der Waals surface area contributed by atoms with Crippen molar-refractivity contribution in [2.24, 2.45) is 0 Å². The number of benzene rings is 1. The number of amides is 1. The molecule has 0 saturated carbocycles. The summed E-state index contributed by atoms with van der Waals surface area (Å²) in [6.07, 6.45) is -1.75. The second-order valence-electron chi connectivity index (χ2n) is 4.65. The molecule has 1 aromatic carbocycles. The van der Waals surface area contributed by atoms with Gasteiger partial charge >= 0.3 is 6.18 Å². The Balaban J connectivity index is 2.36. The Morgan fingerprint density at radius 1 is 1.24 bits per heavy atom. The maximum absolute atomic E-state index is 12.5. The van der Waals surface area contributed by atoms with Crippen molar-refractivity contribution in [2.45, 2.75) is 32.4 Å². The smallest absolute Gasteiger partial charge is 0.381 e. The van der Waals surface area contributed by atoms with E-state index in [0.29, 0.717) is 26.2 Å². The molecule has 0 aliphatic heterocycles. The third kappa shape index (κ3) is 6.62. The second kappa shape index (κ2) is 8.67. The van der Waals surface area contributed by atoms with Crippen LogP contribution in [0.25, 0.3) is 0 Å². The van der Waals surface area contributed by atoms with Crippen LogP contribution >= 0.6 is 0 Å². The van der Waals surface area contributed by atoms with Gasteiger partial charge in [-0.15, -0.1) is 0 Å². The number of ether oxygens (including phenoxy) is 1. The lowest BCUT2D eigenvalue weighted by molar-refractivity contribution is -0.137. The number of hydrogen-bond donors (Lipinski definition) is 1. The van der Waals surface area contributed by atoms with Gasteiger partial charge in [-0.2, -0.15) is 13.2 Å². The van der Waals surface area contributed by atoms with Crippen molar-refractivity contribution in [3.8, 4) is 0 Å². The van der Waals surface area contributed by atoms with Gasteiger partial charge in [0.05, 0.1) is 5.56 Å². The summed E-state index contributed by atoms with van der Waals surface area (Å²) in [5.41, 5.74) is -0.810. The first-order chi connectivity index (χ1) is 9.95. The summed E-state index contributed by atoms with van der Waals surface area (Å²) in [4.78, 5) is 11.7. The van der Waals surface area contributed by atoms with Crippen LogP contribution in [-0.2, 0) is 10.9 Å². The molecule has 1 aromatic rings. The molecule has 0 atom stereocenters. The van der Waals surface area contributed by atoms with Crippen molar-refractivity contribution in [3.63, 3.8) is 0 Å². The number of unbranched alkanes of at least 4 members (excludes halogenated alkanes) is 1. The van der Waals surface area contributed by atoms with Gasteiger partial charge in [-0.1, -0.05) is 19.4 Å². The molecule has 1 N–H and O–H groups in total. The summed E-state index contributed by atoms with van der Waals surface area (Å²) in [5, 5.41) is 2.58. The van der Waals surface area contributed by atoms with Crippen LogP contribution in [0.15, 0.2) is 24.3 Å². The third-order valence-electron chi connectivity index (χ3n) is 2.85. The fourth-order valence-electron chi connectivity index (χ4n) is 1.66. The van der Waals surface area contributed by atoms with Gasteiger partial charge in [0.25, 0.3) is 5.91 Å². The number of hydrogen-bond acceptors (Lipinski definition) is 2. The number of rotatable bonds is 8. The molecule has 0 unspecified atom stereocenters.